The minimum Gasteiger partial charge on any atom is -0.356 e. The Morgan fingerprint density at radius 3 is 2.40 bits per heavy atom. The molecule has 2 fully saturated rings. The van der Waals surface area contributed by atoms with Gasteiger partial charge in [-0.05, 0) is 18.6 Å². The van der Waals surface area contributed by atoms with E-state index in [0.29, 0.717) is 25.3 Å². The highest BCUT2D eigenvalue weighted by molar-refractivity contribution is 5.80. The lowest BCUT2D eigenvalue weighted by atomic mass is 10.0. The van der Waals surface area contributed by atoms with Gasteiger partial charge in [0, 0.05) is 45.2 Å². The fraction of sp³-hybridized carbons (Fsp3) is 0.625. The van der Waals surface area contributed by atoms with Crippen molar-refractivity contribution in [3.05, 3.63) is 23.9 Å². The topological polar surface area (TPSA) is 36.4 Å². The van der Waals surface area contributed by atoms with Gasteiger partial charge in [-0.2, -0.15) is 13.2 Å². The van der Waals surface area contributed by atoms with Crippen LogP contribution in [0, 0.1) is 5.92 Å². The molecule has 25 heavy (non-hydrogen) atoms. The zero-order chi connectivity index (χ0) is 18.2. The highest BCUT2D eigenvalue weighted by atomic mass is 19.4. The van der Waals surface area contributed by atoms with Gasteiger partial charge in [0.25, 0.3) is 5.92 Å². The second-order valence-corrected chi connectivity index (χ2v) is 6.52. The lowest BCUT2D eigenvalue weighted by molar-refractivity contribution is -0.141. The number of amides is 1. The summed E-state index contributed by atoms with van der Waals surface area (Å²) in [7, 11) is 0. The second kappa shape index (κ2) is 6.42. The minimum absolute atomic E-state index is 0.0425. The lowest BCUT2D eigenvalue weighted by Crippen LogP contribution is -2.45. The number of carbonyl (C=O) groups is 1. The molecule has 0 bridgehead atoms. The molecular weight excluding hydrogens is 345 g/mol. The molecule has 2 saturated heterocycles. The van der Waals surface area contributed by atoms with Crippen molar-refractivity contribution in [2.24, 2.45) is 5.92 Å². The Labute approximate surface area is 141 Å². The number of likely N-dealkylation sites (tertiary alicyclic amines) is 1. The maximum Gasteiger partial charge on any atom is 0.417 e. The van der Waals surface area contributed by atoms with Crippen LogP contribution in [0.15, 0.2) is 18.3 Å². The maximum absolute atomic E-state index is 13.2. The number of nitrogens with zero attached hydrogens (tertiary/aromatic N) is 3. The zero-order valence-electron chi connectivity index (χ0n) is 13.4. The Hall–Kier alpha value is -1.93. The standard InChI is InChI=1S/C16H18F5N3O/c17-15(18)4-7-23(8-5-15)14(25)11-3-6-24(10-11)13-2-1-12(9-22-13)16(19,20)21/h1-2,9,11H,3-8,10H2. The van der Waals surface area contributed by atoms with Crippen LogP contribution in [0.25, 0.3) is 0 Å². The molecule has 3 heterocycles. The smallest absolute Gasteiger partial charge is 0.356 e. The summed E-state index contributed by atoms with van der Waals surface area (Å²) in [5.41, 5.74) is -0.822. The Morgan fingerprint density at radius 2 is 1.84 bits per heavy atom. The fourth-order valence-corrected chi connectivity index (χ4v) is 3.22. The summed E-state index contributed by atoms with van der Waals surface area (Å²) in [5, 5.41) is 0. The number of carbonyl (C=O) groups excluding carboxylic acids is 1. The molecule has 0 radical (unpaired) electrons. The first kappa shape index (κ1) is 17.9. The van der Waals surface area contributed by atoms with Crippen LogP contribution in [-0.4, -0.2) is 47.9 Å². The van der Waals surface area contributed by atoms with E-state index in [2.05, 4.69) is 4.98 Å². The first-order valence-corrected chi connectivity index (χ1v) is 8.10. The first-order valence-electron chi connectivity index (χ1n) is 8.10. The molecule has 1 aromatic rings. The first-order chi connectivity index (χ1) is 11.7. The molecule has 1 unspecified atom stereocenters. The van der Waals surface area contributed by atoms with Crippen molar-refractivity contribution >= 4 is 11.7 Å². The summed E-state index contributed by atoms with van der Waals surface area (Å²) in [5.74, 6) is -2.82. The van der Waals surface area contributed by atoms with Gasteiger partial charge in [0.1, 0.15) is 5.82 Å². The Morgan fingerprint density at radius 1 is 1.16 bits per heavy atom. The van der Waals surface area contributed by atoms with Crippen LogP contribution in [0.5, 0.6) is 0 Å². The third-order valence-corrected chi connectivity index (χ3v) is 4.74. The molecule has 9 heteroatoms. The normalized spacial score (nSPS) is 23.8. The number of rotatable bonds is 2. The SMILES string of the molecule is O=C(C1CCN(c2ccc(C(F)(F)F)cn2)C1)N1CCC(F)(F)CC1. The van der Waals surface area contributed by atoms with Crippen LogP contribution in [0.3, 0.4) is 0 Å². The molecular formula is C16H18F5N3O. The quantitative estimate of drug-likeness (QED) is 0.758. The molecule has 3 rings (SSSR count). The van der Waals surface area contributed by atoms with E-state index in [-0.39, 0.29) is 37.8 Å². The Balaban J connectivity index is 1.59. The number of hydrogen-bond acceptors (Lipinski definition) is 3. The van der Waals surface area contributed by atoms with E-state index in [9.17, 15) is 26.7 Å². The third kappa shape index (κ3) is 4.01. The van der Waals surface area contributed by atoms with Gasteiger partial charge in [-0.25, -0.2) is 13.8 Å². The van der Waals surface area contributed by atoms with Gasteiger partial charge in [-0.3, -0.25) is 4.79 Å². The van der Waals surface area contributed by atoms with Gasteiger partial charge in [0.05, 0.1) is 11.5 Å². The predicted molar refractivity (Wildman–Crippen MR) is 80.3 cm³/mol. The molecule has 0 saturated carbocycles. The molecule has 4 nitrogen and oxygen atoms in total. The largest absolute Gasteiger partial charge is 0.417 e. The molecule has 0 aliphatic carbocycles. The van der Waals surface area contributed by atoms with Crippen molar-refractivity contribution in [1.82, 2.24) is 9.88 Å². The van der Waals surface area contributed by atoms with Crippen molar-refractivity contribution < 1.29 is 26.7 Å². The number of hydrogen-bond donors (Lipinski definition) is 0. The van der Waals surface area contributed by atoms with Crippen molar-refractivity contribution in [2.75, 3.05) is 31.1 Å². The van der Waals surface area contributed by atoms with E-state index >= 15 is 0 Å². The molecule has 2 aliphatic rings. The van der Waals surface area contributed by atoms with Gasteiger partial charge >= 0.3 is 6.18 Å². The predicted octanol–water partition coefficient (Wildman–Crippen LogP) is 3.18. The summed E-state index contributed by atoms with van der Waals surface area (Å²) in [4.78, 5) is 19.5. The average molecular weight is 363 g/mol. The highest BCUT2D eigenvalue weighted by Gasteiger charge is 2.39. The van der Waals surface area contributed by atoms with E-state index < -0.39 is 17.7 Å². The van der Waals surface area contributed by atoms with E-state index in [1.54, 1.807) is 4.90 Å². The molecule has 1 amide bonds. The van der Waals surface area contributed by atoms with Crippen molar-refractivity contribution in [2.45, 2.75) is 31.4 Å². The Bertz CT molecular complexity index is 622. The van der Waals surface area contributed by atoms with Crippen molar-refractivity contribution in [1.29, 1.82) is 0 Å². The molecule has 0 N–H and O–H groups in total. The van der Waals surface area contributed by atoms with E-state index in [4.69, 9.17) is 0 Å². The van der Waals surface area contributed by atoms with Gasteiger partial charge in [0.2, 0.25) is 5.91 Å². The van der Waals surface area contributed by atoms with Gasteiger partial charge in [0.15, 0.2) is 0 Å². The maximum atomic E-state index is 13.2. The summed E-state index contributed by atoms with van der Waals surface area (Å²) >= 11 is 0. The van der Waals surface area contributed by atoms with Crippen LogP contribution in [0.4, 0.5) is 27.8 Å². The van der Waals surface area contributed by atoms with E-state index in [0.717, 1.165) is 12.3 Å². The average Bonchev–Trinajstić information content (AvgIpc) is 3.03. The van der Waals surface area contributed by atoms with Crippen LogP contribution in [0.1, 0.15) is 24.8 Å². The zero-order valence-corrected chi connectivity index (χ0v) is 13.4. The van der Waals surface area contributed by atoms with Gasteiger partial charge in [-0.1, -0.05) is 0 Å². The summed E-state index contributed by atoms with van der Waals surface area (Å²) < 4.78 is 64.1. The Kier molecular flexibility index (Phi) is 4.59. The van der Waals surface area contributed by atoms with Crippen LogP contribution >= 0.6 is 0 Å². The molecule has 0 aromatic carbocycles. The molecule has 1 atom stereocenters. The number of piperidine rings is 1. The molecule has 2 aliphatic heterocycles. The molecule has 1 aromatic heterocycles. The van der Waals surface area contributed by atoms with Gasteiger partial charge < -0.3 is 9.80 Å². The number of halogens is 5. The van der Waals surface area contributed by atoms with Crippen LogP contribution in [0.2, 0.25) is 0 Å². The van der Waals surface area contributed by atoms with E-state index in [1.165, 1.54) is 11.0 Å². The van der Waals surface area contributed by atoms with Crippen molar-refractivity contribution in [3.8, 4) is 0 Å². The number of alkyl halides is 5. The number of pyridine rings is 1. The van der Waals surface area contributed by atoms with E-state index in [1.807, 2.05) is 0 Å². The third-order valence-electron chi connectivity index (χ3n) is 4.74. The molecule has 138 valence electrons. The lowest BCUT2D eigenvalue weighted by Gasteiger charge is -2.33. The summed E-state index contributed by atoms with van der Waals surface area (Å²) in [6, 6.07) is 2.25. The number of aromatic nitrogens is 1. The second-order valence-electron chi connectivity index (χ2n) is 6.52. The van der Waals surface area contributed by atoms with Crippen molar-refractivity contribution in [3.63, 3.8) is 0 Å². The highest BCUT2D eigenvalue weighted by Crippen LogP contribution is 2.32. The fourth-order valence-electron chi connectivity index (χ4n) is 3.22. The van der Waals surface area contributed by atoms with Gasteiger partial charge in [-0.15, -0.1) is 0 Å². The monoisotopic (exact) mass is 363 g/mol. The number of anilines is 1. The summed E-state index contributed by atoms with van der Waals surface area (Å²) in [6.07, 6.45) is -3.78. The van der Waals surface area contributed by atoms with Crippen LogP contribution in [-0.2, 0) is 11.0 Å². The molecule has 0 spiro atoms. The minimum atomic E-state index is -4.44. The summed E-state index contributed by atoms with van der Waals surface area (Å²) in [6.45, 7) is 0.921. The van der Waals surface area contributed by atoms with Crippen LogP contribution < -0.4 is 4.90 Å².